The van der Waals surface area contributed by atoms with Crippen molar-refractivity contribution in [1.82, 2.24) is 5.32 Å². The predicted octanol–water partition coefficient (Wildman–Crippen LogP) is 2.90. The first-order chi connectivity index (χ1) is 8.58. The molecule has 0 saturated carbocycles. The van der Waals surface area contributed by atoms with E-state index in [1.807, 2.05) is 25.1 Å². The van der Waals surface area contributed by atoms with Gasteiger partial charge in [0.05, 0.1) is 0 Å². The number of rotatable bonds is 6. The molecule has 0 aliphatic rings. The summed E-state index contributed by atoms with van der Waals surface area (Å²) in [5, 5.41) is 11.8. The standard InChI is InChI=1S/C14H20BrNO2/c1-3-11(6-7-17)9-16-14(18)13-5-4-12(15)8-10(13)2/h4-5,8,11,17H,3,6-7,9H2,1-2H3,(H,16,18). The Hall–Kier alpha value is -0.870. The fourth-order valence-corrected chi connectivity index (χ4v) is 2.32. The third-order valence-electron chi connectivity index (χ3n) is 3.10. The van der Waals surface area contributed by atoms with Gasteiger partial charge in [-0.05, 0) is 43.0 Å². The van der Waals surface area contributed by atoms with Crippen LogP contribution in [0.15, 0.2) is 22.7 Å². The van der Waals surface area contributed by atoms with Gasteiger partial charge in [0.1, 0.15) is 0 Å². The second-order valence-corrected chi connectivity index (χ2v) is 5.37. The van der Waals surface area contributed by atoms with Gasteiger partial charge in [-0.25, -0.2) is 0 Å². The van der Waals surface area contributed by atoms with Crippen molar-refractivity contribution >= 4 is 21.8 Å². The fourth-order valence-electron chi connectivity index (χ4n) is 1.85. The molecule has 0 aliphatic carbocycles. The van der Waals surface area contributed by atoms with Gasteiger partial charge in [0.15, 0.2) is 0 Å². The van der Waals surface area contributed by atoms with E-state index in [1.165, 1.54) is 0 Å². The maximum absolute atomic E-state index is 12.0. The molecule has 18 heavy (non-hydrogen) atoms. The first-order valence-corrected chi connectivity index (χ1v) is 7.03. The number of aryl methyl sites for hydroxylation is 1. The van der Waals surface area contributed by atoms with Gasteiger partial charge in [-0.1, -0.05) is 29.3 Å². The first-order valence-electron chi connectivity index (χ1n) is 6.23. The van der Waals surface area contributed by atoms with Gasteiger partial charge in [0, 0.05) is 23.2 Å². The topological polar surface area (TPSA) is 49.3 Å². The van der Waals surface area contributed by atoms with Crippen LogP contribution in [0.25, 0.3) is 0 Å². The first kappa shape index (κ1) is 15.2. The summed E-state index contributed by atoms with van der Waals surface area (Å²) in [4.78, 5) is 12.0. The molecule has 0 aliphatic heterocycles. The van der Waals surface area contributed by atoms with Crippen LogP contribution in [0.2, 0.25) is 0 Å². The van der Waals surface area contributed by atoms with Gasteiger partial charge in [-0.2, -0.15) is 0 Å². The number of benzene rings is 1. The van der Waals surface area contributed by atoms with Crippen LogP contribution in [0.3, 0.4) is 0 Å². The lowest BCUT2D eigenvalue weighted by molar-refractivity contribution is 0.0943. The summed E-state index contributed by atoms with van der Waals surface area (Å²) >= 11 is 3.38. The van der Waals surface area contributed by atoms with Crippen molar-refractivity contribution < 1.29 is 9.90 Å². The van der Waals surface area contributed by atoms with Crippen molar-refractivity contribution in [3.05, 3.63) is 33.8 Å². The van der Waals surface area contributed by atoms with Crippen LogP contribution in [0.5, 0.6) is 0 Å². The average molecular weight is 314 g/mol. The van der Waals surface area contributed by atoms with Crippen LogP contribution < -0.4 is 5.32 Å². The summed E-state index contributed by atoms with van der Waals surface area (Å²) < 4.78 is 0.975. The Morgan fingerprint density at radius 2 is 2.22 bits per heavy atom. The fraction of sp³-hybridized carbons (Fsp3) is 0.500. The number of nitrogens with one attached hydrogen (secondary N) is 1. The number of hydrogen-bond donors (Lipinski definition) is 2. The highest BCUT2D eigenvalue weighted by Gasteiger charge is 2.11. The number of halogens is 1. The van der Waals surface area contributed by atoms with Crippen LogP contribution in [0.4, 0.5) is 0 Å². The summed E-state index contributed by atoms with van der Waals surface area (Å²) in [6.07, 6.45) is 1.69. The quantitative estimate of drug-likeness (QED) is 0.848. The molecule has 0 fully saturated rings. The SMILES string of the molecule is CCC(CCO)CNC(=O)c1ccc(Br)cc1C. The molecule has 1 rings (SSSR count). The van der Waals surface area contributed by atoms with Gasteiger partial charge in [0.25, 0.3) is 5.91 Å². The van der Waals surface area contributed by atoms with Crippen molar-refractivity contribution in [3.8, 4) is 0 Å². The van der Waals surface area contributed by atoms with Crippen LogP contribution in [0.1, 0.15) is 35.7 Å². The maximum Gasteiger partial charge on any atom is 0.251 e. The van der Waals surface area contributed by atoms with E-state index in [2.05, 4.69) is 28.2 Å². The van der Waals surface area contributed by atoms with Crippen molar-refractivity contribution in [2.24, 2.45) is 5.92 Å². The summed E-state index contributed by atoms with van der Waals surface area (Å²) in [6, 6.07) is 5.62. The minimum atomic E-state index is -0.0450. The van der Waals surface area contributed by atoms with E-state index in [0.29, 0.717) is 18.0 Å². The Balaban J connectivity index is 2.59. The van der Waals surface area contributed by atoms with E-state index in [-0.39, 0.29) is 12.5 Å². The number of hydrogen-bond acceptors (Lipinski definition) is 2. The Bertz CT molecular complexity index is 407. The lowest BCUT2D eigenvalue weighted by Crippen LogP contribution is -2.30. The third-order valence-corrected chi connectivity index (χ3v) is 3.59. The van der Waals surface area contributed by atoms with Crippen LogP contribution in [0, 0.1) is 12.8 Å². The normalized spacial score (nSPS) is 12.2. The molecule has 1 aromatic carbocycles. The maximum atomic E-state index is 12.0. The van der Waals surface area contributed by atoms with Crippen LogP contribution >= 0.6 is 15.9 Å². The van der Waals surface area contributed by atoms with Crippen molar-refractivity contribution in [3.63, 3.8) is 0 Å². The summed E-state index contributed by atoms with van der Waals surface area (Å²) in [7, 11) is 0. The van der Waals surface area contributed by atoms with E-state index < -0.39 is 0 Å². The zero-order valence-corrected chi connectivity index (χ0v) is 12.5. The lowest BCUT2D eigenvalue weighted by Gasteiger charge is -2.15. The number of carbonyl (C=O) groups excluding carboxylic acids is 1. The summed E-state index contributed by atoms with van der Waals surface area (Å²) in [5.41, 5.74) is 1.66. The molecule has 1 unspecified atom stereocenters. The second-order valence-electron chi connectivity index (χ2n) is 4.46. The van der Waals surface area contributed by atoms with E-state index >= 15 is 0 Å². The molecule has 0 radical (unpaired) electrons. The predicted molar refractivity (Wildman–Crippen MR) is 76.7 cm³/mol. The van der Waals surface area contributed by atoms with Gasteiger partial charge < -0.3 is 10.4 Å². The highest BCUT2D eigenvalue weighted by atomic mass is 79.9. The molecule has 0 saturated heterocycles. The van der Waals surface area contributed by atoms with Crippen LogP contribution in [-0.4, -0.2) is 24.2 Å². The molecular weight excluding hydrogens is 294 g/mol. The molecule has 1 atom stereocenters. The highest BCUT2D eigenvalue weighted by Crippen LogP contribution is 2.16. The Labute approximate surface area is 117 Å². The highest BCUT2D eigenvalue weighted by molar-refractivity contribution is 9.10. The van der Waals surface area contributed by atoms with Crippen molar-refractivity contribution in [2.75, 3.05) is 13.2 Å². The summed E-state index contributed by atoms with van der Waals surface area (Å²) in [6.45, 7) is 4.78. The van der Waals surface area contributed by atoms with Crippen molar-refractivity contribution in [2.45, 2.75) is 26.7 Å². The summed E-state index contributed by atoms with van der Waals surface area (Å²) in [5.74, 6) is 0.297. The van der Waals surface area contributed by atoms with Crippen LogP contribution in [-0.2, 0) is 0 Å². The van der Waals surface area contributed by atoms with Gasteiger partial charge in [-0.3, -0.25) is 4.79 Å². The Morgan fingerprint density at radius 3 is 2.78 bits per heavy atom. The second kappa shape index (κ2) is 7.54. The minimum absolute atomic E-state index is 0.0450. The lowest BCUT2D eigenvalue weighted by atomic mass is 10.0. The number of carbonyl (C=O) groups is 1. The Morgan fingerprint density at radius 1 is 1.50 bits per heavy atom. The number of aliphatic hydroxyl groups excluding tert-OH is 1. The molecule has 0 aromatic heterocycles. The monoisotopic (exact) mass is 313 g/mol. The molecule has 3 nitrogen and oxygen atoms in total. The number of amides is 1. The molecule has 1 amide bonds. The smallest absolute Gasteiger partial charge is 0.251 e. The number of aliphatic hydroxyl groups is 1. The van der Waals surface area contributed by atoms with E-state index in [0.717, 1.165) is 22.9 Å². The minimum Gasteiger partial charge on any atom is -0.396 e. The average Bonchev–Trinajstić information content (AvgIpc) is 2.34. The molecule has 0 spiro atoms. The third kappa shape index (κ3) is 4.42. The zero-order valence-electron chi connectivity index (χ0n) is 10.9. The molecular formula is C14H20BrNO2. The van der Waals surface area contributed by atoms with Gasteiger partial charge >= 0.3 is 0 Å². The van der Waals surface area contributed by atoms with E-state index in [9.17, 15) is 4.79 Å². The van der Waals surface area contributed by atoms with Crippen molar-refractivity contribution in [1.29, 1.82) is 0 Å². The molecule has 1 aromatic rings. The molecule has 4 heteroatoms. The molecule has 0 bridgehead atoms. The van der Waals surface area contributed by atoms with Gasteiger partial charge in [0.2, 0.25) is 0 Å². The zero-order chi connectivity index (χ0) is 13.5. The van der Waals surface area contributed by atoms with Gasteiger partial charge in [-0.15, -0.1) is 0 Å². The van der Waals surface area contributed by atoms with E-state index in [4.69, 9.17) is 5.11 Å². The molecule has 100 valence electrons. The van der Waals surface area contributed by atoms with E-state index in [1.54, 1.807) is 0 Å². The molecule has 2 N–H and O–H groups in total. The Kier molecular flexibility index (Phi) is 6.36. The largest absolute Gasteiger partial charge is 0.396 e. The molecule has 0 heterocycles.